The molecule has 1 unspecified atom stereocenters. The van der Waals surface area contributed by atoms with E-state index < -0.39 is 0 Å². The fraction of sp³-hybridized carbons (Fsp3) is 0.667. The van der Waals surface area contributed by atoms with Crippen molar-refractivity contribution in [2.45, 2.75) is 39.5 Å². The highest BCUT2D eigenvalue weighted by molar-refractivity contribution is 7.09. The number of aromatic nitrogens is 1. The molecule has 1 rings (SSSR count). The lowest BCUT2D eigenvalue weighted by molar-refractivity contribution is -0.145. The zero-order valence-electron chi connectivity index (χ0n) is 10.3. The first-order chi connectivity index (χ1) is 7.58. The number of thiazole rings is 1. The van der Waals surface area contributed by atoms with Gasteiger partial charge in [0, 0.05) is 11.8 Å². The van der Waals surface area contributed by atoms with E-state index in [9.17, 15) is 4.79 Å². The van der Waals surface area contributed by atoms with Gasteiger partial charge in [0.1, 0.15) is 0 Å². The van der Waals surface area contributed by atoms with Crippen molar-refractivity contribution in [2.24, 2.45) is 5.92 Å². The maximum atomic E-state index is 11.4. The molecule has 0 radical (unpaired) electrons. The molecule has 0 aliphatic carbocycles. The van der Waals surface area contributed by atoms with E-state index in [-0.39, 0.29) is 11.9 Å². The Morgan fingerprint density at radius 3 is 2.69 bits per heavy atom. The van der Waals surface area contributed by atoms with Crippen LogP contribution in [0.1, 0.15) is 43.8 Å². The van der Waals surface area contributed by atoms with Crippen LogP contribution in [0.2, 0.25) is 0 Å². The van der Waals surface area contributed by atoms with Gasteiger partial charge in [-0.15, -0.1) is 11.3 Å². The zero-order chi connectivity index (χ0) is 12.1. The van der Waals surface area contributed by atoms with E-state index in [1.807, 2.05) is 6.92 Å². The summed E-state index contributed by atoms with van der Waals surface area (Å²) < 4.78 is 4.77. The van der Waals surface area contributed by atoms with Crippen molar-refractivity contribution in [3.8, 4) is 0 Å². The Morgan fingerprint density at radius 1 is 1.56 bits per heavy atom. The molecular formula is C12H19NO2S. The van der Waals surface area contributed by atoms with Crippen LogP contribution in [0.5, 0.6) is 0 Å². The van der Waals surface area contributed by atoms with Crippen molar-refractivity contribution in [3.05, 3.63) is 16.1 Å². The number of rotatable bonds is 5. The highest BCUT2D eigenvalue weighted by atomic mass is 32.1. The van der Waals surface area contributed by atoms with Crippen LogP contribution >= 0.6 is 11.3 Å². The summed E-state index contributed by atoms with van der Waals surface area (Å²) in [5.41, 5.74) is 1.11. The molecule has 0 saturated carbocycles. The molecular weight excluding hydrogens is 222 g/mol. The number of esters is 1. The van der Waals surface area contributed by atoms with Gasteiger partial charge in [0.25, 0.3) is 0 Å². The minimum atomic E-state index is -0.135. The summed E-state index contributed by atoms with van der Waals surface area (Å²) in [6.45, 7) is 6.24. The largest absolute Gasteiger partial charge is 0.469 e. The summed E-state index contributed by atoms with van der Waals surface area (Å²) >= 11 is 1.63. The molecule has 0 saturated heterocycles. The summed E-state index contributed by atoms with van der Waals surface area (Å²) in [7, 11) is 1.44. The Bertz CT molecular complexity index is 347. The third kappa shape index (κ3) is 3.30. The molecule has 4 heteroatoms. The predicted octanol–water partition coefficient (Wildman–Crippen LogP) is 3.01. The third-order valence-corrected chi connectivity index (χ3v) is 3.50. The number of nitrogens with zero attached hydrogens (tertiary/aromatic N) is 1. The molecule has 0 aliphatic heterocycles. The van der Waals surface area contributed by atoms with Crippen LogP contribution in [0.4, 0.5) is 0 Å². The second kappa shape index (κ2) is 5.99. The Kier molecular flexibility index (Phi) is 4.93. The highest BCUT2D eigenvalue weighted by Crippen LogP contribution is 2.21. The smallest absolute Gasteiger partial charge is 0.309 e. The van der Waals surface area contributed by atoms with Gasteiger partial charge in [-0.1, -0.05) is 20.8 Å². The first-order valence-electron chi connectivity index (χ1n) is 5.60. The number of carbonyl (C=O) groups is 1. The normalized spacial score (nSPS) is 12.8. The van der Waals surface area contributed by atoms with Gasteiger partial charge in [0.05, 0.1) is 23.7 Å². The minimum absolute atomic E-state index is 0.0591. The summed E-state index contributed by atoms with van der Waals surface area (Å²) in [6, 6.07) is 0. The Hall–Kier alpha value is -0.900. The summed E-state index contributed by atoms with van der Waals surface area (Å²) in [5.74, 6) is 0.253. The van der Waals surface area contributed by atoms with Gasteiger partial charge in [0.15, 0.2) is 0 Å². The van der Waals surface area contributed by atoms with E-state index in [4.69, 9.17) is 4.74 Å². The minimum Gasteiger partial charge on any atom is -0.469 e. The maximum absolute atomic E-state index is 11.4. The van der Waals surface area contributed by atoms with Crippen molar-refractivity contribution in [2.75, 3.05) is 7.11 Å². The lowest BCUT2D eigenvalue weighted by Crippen LogP contribution is -2.17. The van der Waals surface area contributed by atoms with E-state index in [2.05, 4.69) is 24.2 Å². The SMILES string of the molecule is CCC(Cc1nc(C(C)C)cs1)C(=O)OC. The first kappa shape index (κ1) is 13.2. The van der Waals surface area contributed by atoms with E-state index in [1.54, 1.807) is 11.3 Å². The summed E-state index contributed by atoms with van der Waals surface area (Å²) in [5, 5.41) is 3.10. The molecule has 0 bridgehead atoms. The molecule has 0 fully saturated rings. The molecule has 0 aliphatic rings. The van der Waals surface area contributed by atoms with Gasteiger partial charge in [-0.3, -0.25) is 4.79 Å². The number of carbonyl (C=O) groups excluding carboxylic acids is 1. The number of ether oxygens (including phenoxy) is 1. The fourth-order valence-corrected chi connectivity index (χ4v) is 2.49. The maximum Gasteiger partial charge on any atom is 0.309 e. The van der Waals surface area contributed by atoms with Gasteiger partial charge >= 0.3 is 5.97 Å². The van der Waals surface area contributed by atoms with Crippen LogP contribution in [0, 0.1) is 5.92 Å². The molecule has 0 spiro atoms. The topological polar surface area (TPSA) is 39.2 Å². The van der Waals surface area contributed by atoms with Crippen molar-refractivity contribution in [3.63, 3.8) is 0 Å². The molecule has 90 valence electrons. The van der Waals surface area contributed by atoms with Gasteiger partial charge in [0.2, 0.25) is 0 Å². The summed E-state index contributed by atoms with van der Waals surface area (Å²) in [4.78, 5) is 16.0. The standard InChI is InChI=1S/C12H19NO2S/c1-5-9(12(14)15-4)6-11-13-10(7-16-11)8(2)3/h7-9H,5-6H2,1-4H3. The lowest BCUT2D eigenvalue weighted by atomic mass is 10.0. The van der Waals surface area contributed by atoms with E-state index in [1.165, 1.54) is 7.11 Å². The van der Waals surface area contributed by atoms with Crippen molar-refractivity contribution in [1.29, 1.82) is 0 Å². The highest BCUT2D eigenvalue weighted by Gasteiger charge is 2.19. The van der Waals surface area contributed by atoms with E-state index >= 15 is 0 Å². The Labute approximate surface area is 101 Å². The number of hydrogen-bond donors (Lipinski definition) is 0. The Balaban J connectivity index is 2.67. The fourth-order valence-electron chi connectivity index (χ4n) is 1.46. The van der Waals surface area contributed by atoms with Gasteiger partial charge in [-0.05, 0) is 12.3 Å². The van der Waals surface area contributed by atoms with Crippen LogP contribution in [0.25, 0.3) is 0 Å². The van der Waals surface area contributed by atoms with E-state index in [0.717, 1.165) is 17.1 Å². The third-order valence-electron chi connectivity index (χ3n) is 2.61. The van der Waals surface area contributed by atoms with Gasteiger partial charge in [-0.2, -0.15) is 0 Å². The molecule has 3 nitrogen and oxygen atoms in total. The van der Waals surface area contributed by atoms with Gasteiger partial charge < -0.3 is 4.74 Å². The average molecular weight is 241 g/mol. The van der Waals surface area contributed by atoms with Crippen molar-refractivity contribution < 1.29 is 9.53 Å². The molecule has 16 heavy (non-hydrogen) atoms. The number of hydrogen-bond acceptors (Lipinski definition) is 4. The molecule has 1 heterocycles. The first-order valence-corrected chi connectivity index (χ1v) is 6.48. The second-order valence-electron chi connectivity index (χ2n) is 4.15. The monoisotopic (exact) mass is 241 g/mol. The Morgan fingerprint density at radius 2 is 2.25 bits per heavy atom. The molecule has 0 aromatic carbocycles. The van der Waals surface area contributed by atoms with Crippen LogP contribution in [0.15, 0.2) is 5.38 Å². The summed E-state index contributed by atoms with van der Waals surface area (Å²) in [6.07, 6.45) is 1.49. The van der Waals surface area contributed by atoms with Gasteiger partial charge in [-0.25, -0.2) is 4.98 Å². The molecule has 0 amide bonds. The molecule has 0 N–H and O–H groups in total. The van der Waals surface area contributed by atoms with Crippen LogP contribution in [0.3, 0.4) is 0 Å². The zero-order valence-corrected chi connectivity index (χ0v) is 11.1. The molecule has 1 aromatic rings. The van der Waals surface area contributed by atoms with Crippen LogP contribution < -0.4 is 0 Å². The van der Waals surface area contributed by atoms with E-state index in [0.29, 0.717) is 12.3 Å². The molecule has 1 atom stereocenters. The van der Waals surface area contributed by atoms with Crippen molar-refractivity contribution in [1.82, 2.24) is 4.98 Å². The van der Waals surface area contributed by atoms with Crippen molar-refractivity contribution >= 4 is 17.3 Å². The number of methoxy groups -OCH3 is 1. The predicted molar refractivity (Wildman–Crippen MR) is 65.7 cm³/mol. The average Bonchev–Trinajstić information content (AvgIpc) is 2.73. The quantitative estimate of drug-likeness (QED) is 0.744. The molecule has 1 aromatic heterocycles. The lowest BCUT2D eigenvalue weighted by Gasteiger charge is -2.09. The second-order valence-corrected chi connectivity index (χ2v) is 5.10. The van der Waals surface area contributed by atoms with Crippen LogP contribution in [-0.2, 0) is 16.0 Å². The van der Waals surface area contributed by atoms with Crippen LogP contribution in [-0.4, -0.2) is 18.1 Å².